The van der Waals surface area contributed by atoms with Crippen LogP contribution in [0.3, 0.4) is 0 Å². The molecule has 6 heteroatoms. The van der Waals surface area contributed by atoms with Crippen molar-refractivity contribution in [2.24, 2.45) is 5.92 Å². The van der Waals surface area contributed by atoms with Crippen LogP contribution in [-0.4, -0.2) is 39.5 Å². The Bertz CT molecular complexity index is 613. The van der Waals surface area contributed by atoms with Crippen LogP contribution in [0.15, 0.2) is 23.1 Å². The summed E-state index contributed by atoms with van der Waals surface area (Å²) in [6.07, 6.45) is 1.94. The molecule has 5 nitrogen and oxygen atoms in total. The number of nitrogens with zero attached hydrogens (tertiary/aromatic N) is 1. The van der Waals surface area contributed by atoms with E-state index in [1.807, 2.05) is 12.1 Å². The summed E-state index contributed by atoms with van der Waals surface area (Å²) in [5.41, 5.74) is 2.30. The summed E-state index contributed by atoms with van der Waals surface area (Å²) in [6.45, 7) is 3.38. The minimum atomic E-state index is -3.38. The Morgan fingerprint density at radius 3 is 2.95 bits per heavy atom. The first kappa shape index (κ1) is 15.0. The van der Waals surface area contributed by atoms with Gasteiger partial charge in [0.25, 0.3) is 0 Å². The summed E-state index contributed by atoms with van der Waals surface area (Å²) in [5, 5.41) is 3.24. The summed E-state index contributed by atoms with van der Waals surface area (Å²) in [5.74, 6) is 0.301. The van der Waals surface area contributed by atoms with Crippen molar-refractivity contribution >= 4 is 10.0 Å². The summed E-state index contributed by atoms with van der Waals surface area (Å²) in [7, 11) is -1.72. The van der Waals surface area contributed by atoms with E-state index in [1.165, 1.54) is 5.56 Å². The zero-order chi connectivity index (χ0) is 14.9. The molecule has 1 N–H and O–H groups in total. The molecule has 0 spiro atoms. The van der Waals surface area contributed by atoms with Gasteiger partial charge in [-0.3, -0.25) is 0 Å². The van der Waals surface area contributed by atoms with Gasteiger partial charge in [-0.15, -0.1) is 0 Å². The van der Waals surface area contributed by atoms with Crippen molar-refractivity contribution in [1.29, 1.82) is 0 Å². The highest BCUT2D eigenvalue weighted by atomic mass is 32.2. The fourth-order valence-corrected chi connectivity index (χ4v) is 4.80. The third kappa shape index (κ3) is 2.99. The first-order chi connectivity index (χ1) is 10.1. The van der Waals surface area contributed by atoms with Crippen LogP contribution in [0.2, 0.25) is 0 Å². The minimum Gasteiger partial charge on any atom is -0.384 e. The second kappa shape index (κ2) is 6.04. The Morgan fingerprint density at radius 1 is 1.33 bits per heavy atom. The molecular formula is C15H22N2O3S. The molecule has 3 rings (SSSR count). The molecular weight excluding hydrogens is 288 g/mol. The van der Waals surface area contributed by atoms with Crippen molar-refractivity contribution in [2.45, 2.75) is 30.8 Å². The van der Waals surface area contributed by atoms with Gasteiger partial charge in [-0.25, -0.2) is 8.42 Å². The topological polar surface area (TPSA) is 58.6 Å². The number of hydrogen-bond donors (Lipinski definition) is 1. The van der Waals surface area contributed by atoms with Crippen molar-refractivity contribution < 1.29 is 13.2 Å². The van der Waals surface area contributed by atoms with E-state index < -0.39 is 10.0 Å². The van der Waals surface area contributed by atoms with E-state index in [-0.39, 0.29) is 0 Å². The van der Waals surface area contributed by atoms with Crippen LogP contribution in [0.5, 0.6) is 0 Å². The number of benzene rings is 1. The molecule has 1 aromatic rings. The summed E-state index contributed by atoms with van der Waals surface area (Å²) < 4.78 is 32.4. The van der Waals surface area contributed by atoms with Crippen LogP contribution >= 0.6 is 0 Å². The summed E-state index contributed by atoms with van der Waals surface area (Å²) in [4.78, 5) is 0.419. The van der Waals surface area contributed by atoms with E-state index in [9.17, 15) is 8.42 Å². The Balaban J connectivity index is 1.83. The van der Waals surface area contributed by atoms with Gasteiger partial charge >= 0.3 is 0 Å². The molecule has 2 aliphatic heterocycles. The maximum atomic E-state index is 12.8. The third-order valence-corrected chi connectivity index (χ3v) is 6.19. The molecule has 1 fully saturated rings. The second-order valence-electron chi connectivity index (χ2n) is 5.86. The van der Waals surface area contributed by atoms with Gasteiger partial charge in [0.15, 0.2) is 0 Å². The zero-order valence-corrected chi connectivity index (χ0v) is 13.2. The van der Waals surface area contributed by atoms with Crippen molar-refractivity contribution in [1.82, 2.24) is 9.62 Å². The molecule has 1 saturated heterocycles. The lowest BCUT2D eigenvalue weighted by molar-refractivity contribution is 0.118. The van der Waals surface area contributed by atoms with E-state index in [0.29, 0.717) is 30.5 Å². The van der Waals surface area contributed by atoms with E-state index in [1.54, 1.807) is 17.5 Å². The van der Waals surface area contributed by atoms with Crippen LogP contribution < -0.4 is 5.32 Å². The minimum absolute atomic E-state index is 0.301. The average molecular weight is 310 g/mol. The number of sulfonamides is 1. The Kier molecular flexibility index (Phi) is 4.31. The Hall–Kier alpha value is -0.950. The molecule has 1 aromatic carbocycles. The highest BCUT2D eigenvalue weighted by molar-refractivity contribution is 7.89. The number of rotatable bonds is 4. The van der Waals surface area contributed by atoms with Gasteiger partial charge in [0.2, 0.25) is 10.0 Å². The molecule has 21 heavy (non-hydrogen) atoms. The molecule has 1 atom stereocenters. The molecule has 2 aliphatic rings. The number of piperidine rings is 1. The quantitative estimate of drug-likeness (QED) is 0.912. The van der Waals surface area contributed by atoms with Gasteiger partial charge in [0.1, 0.15) is 0 Å². The molecule has 1 unspecified atom stereocenters. The fraction of sp³-hybridized carbons (Fsp3) is 0.600. The lowest BCUT2D eigenvalue weighted by atomic mass is 10.0. The van der Waals surface area contributed by atoms with Gasteiger partial charge in [-0.2, -0.15) is 4.31 Å². The Labute approximate surface area is 126 Å². The molecule has 0 amide bonds. The maximum absolute atomic E-state index is 12.8. The van der Waals surface area contributed by atoms with Gasteiger partial charge in [-0.05, 0) is 42.0 Å². The Morgan fingerprint density at radius 2 is 2.14 bits per heavy atom. The van der Waals surface area contributed by atoms with Gasteiger partial charge in [-0.1, -0.05) is 6.07 Å². The molecule has 0 bridgehead atoms. The van der Waals surface area contributed by atoms with Crippen LogP contribution in [0.1, 0.15) is 24.0 Å². The second-order valence-corrected chi connectivity index (χ2v) is 7.80. The largest absolute Gasteiger partial charge is 0.384 e. The summed E-state index contributed by atoms with van der Waals surface area (Å²) >= 11 is 0. The standard InChI is InChI=1S/C15H22N2O3S/c1-20-11-12-3-2-6-17(10-12)21(18,19)15-5-4-13-8-16-9-14(13)7-15/h4-5,7,12,16H,2-3,6,8-11H2,1H3. The smallest absolute Gasteiger partial charge is 0.243 e. The predicted octanol–water partition coefficient (Wildman–Crippen LogP) is 1.34. The normalized spacial score (nSPS) is 23.2. The van der Waals surface area contributed by atoms with Crippen molar-refractivity contribution in [3.63, 3.8) is 0 Å². The van der Waals surface area contributed by atoms with Crippen molar-refractivity contribution in [3.05, 3.63) is 29.3 Å². The number of fused-ring (bicyclic) bond motifs is 1. The van der Waals surface area contributed by atoms with Crippen LogP contribution in [0, 0.1) is 5.92 Å². The van der Waals surface area contributed by atoms with Gasteiger partial charge in [0.05, 0.1) is 11.5 Å². The average Bonchev–Trinajstić information content (AvgIpc) is 2.95. The van der Waals surface area contributed by atoms with Crippen LogP contribution in [0.25, 0.3) is 0 Å². The lowest BCUT2D eigenvalue weighted by Gasteiger charge is -2.31. The maximum Gasteiger partial charge on any atom is 0.243 e. The van der Waals surface area contributed by atoms with Crippen molar-refractivity contribution in [2.75, 3.05) is 26.8 Å². The molecule has 0 radical (unpaired) electrons. The first-order valence-electron chi connectivity index (χ1n) is 7.43. The lowest BCUT2D eigenvalue weighted by Crippen LogP contribution is -2.41. The third-order valence-electron chi connectivity index (χ3n) is 4.33. The fourth-order valence-electron chi connectivity index (χ4n) is 3.20. The number of hydrogen-bond acceptors (Lipinski definition) is 4. The molecule has 0 aliphatic carbocycles. The number of nitrogens with one attached hydrogen (secondary N) is 1. The summed E-state index contributed by atoms with van der Waals surface area (Å²) in [6, 6.07) is 5.49. The monoisotopic (exact) mass is 310 g/mol. The highest BCUT2D eigenvalue weighted by Gasteiger charge is 2.30. The number of methoxy groups -OCH3 is 1. The van der Waals surface area contributed by atoms with Crippen molar-refractivity contribution in [3.8, 4) is 0 Å². The highest BCUT2D eigenvalue weighted by Crippen LogP contribution is 2.26. The van der Waals surface area contributed by atoms with Crippen LogP contribution in [0.4, 0.5) is 0 Å². The van der Waals surface area contributed by atoms with E-state index in [2.05, 4.69) is 5.32 Å². The first-order valence-corrected chi connectivity index (χ1v) is 8.87. The van der Waals surface area contributed by atoms with E-state index in [0.717, 1.165) is 31.5 Å². The molecule has 0 saturated carbocycles. The predicted molar refractivity (Wildman–Crippen MR) is 80.3 cm³/mol. The van der Waals surface area contributed by atoms with E-state index in [4.69, 9.17) is 4.74 Å². The SMILES string of the molecule is COCC1CCCN(S(=O)(=O)c2ccc3c(c2)CNC3)C1. The van der Waals surface area contributed by atoms with Crippen LogP contribution in [-0.2, 0) is 27.8 Å². The van der Waals surface area contributed by atoms with Gasteiger partial charge in [0, 0.05) is 33.3 Å². The molecule has 2 heterocycles. The molecule has 116 valence electrons. The van der Waals surface area contributed by atoms with E-state index >= 15 is 0 Å². The number of ether oxygens (including phenoxy) is 1. The molecule has 0 aromatic heterocycles. The zero-order valence-electron chi connectivity index (χ0n) is 12.3. The van der Waals surface area contributed by atoms with Gasteiger partial charge < -0.3 is 10.1 Å².